The molecule has 1 atom stereocenters. The minimum absolute atomic E-state index is 0.0299. The normalized spacial score (nSPS) is 12.9. The minimum Gasteiger partial charge on any atom is -0.497 e. The molecule has 0 saturated heterocycles. The summed E-state index contributed by atoms with van der Waals surface area (Å²) in [5.41, 5.74) is 1.60. The third-order valence-electron chi connectivity index (χ3n) is 5.29. The lowest BCUT2D eigenvalue weighted by atomic mass is 9.96. The predicted octanol–water partition coefficient (Wildman–Crippen LogP) is 4.66. The number of aliphatic hydroxyl groups excluding tert-OH is 1. The Bertz CT molecular complexity index is 1070. The van der Waals surface area contributed by atoms with Gasteiger partial charge in [0.2, 0.25) is 5.95 Å². The first-order chi connectivity index (χ1) is 15.4. The van der Waals surface area contributed by atoms with Crippen LogP contribution in [0.2, 0.25) is 5.02 Å². The fourth-order valence-electron chi connectivity index (χ4n) is 3.37. The quantitative estimate of drug-likeness (QED) is 0.380. The number of fused-ring (bicyclic) bond motifs is 1. The molecule has 3 N–H and O–H groups in total. The molecule has 3 aromatic rings. The van der Waals surface area contributed by atoms with Crippen molar-refractivity contribution in [3.63, 3.8) is 0 Å². The van der Waals surface area contributed by atoms with Crippen LogP contribution in [-0.4, -0.2) is 46.4 Å². The van der Waals surface area contributed by atoms with Crippen LogP contribution in [0.4, 0.5) is 11.8 Å². The molecule has 0 bridgehead atoms. The van der Waals surface area contributed by atoms with E-state index in [2.05, 4.69) is 32.5 Å². The molecule has 0 spiro atoms. The summed E-state index contributed by atoms with van der Waals surface area (Å²) in [6.45, 7) is 4.51. The van der Waals surface area contributed by atoms with Gasteiger partial charge in [0, 0.05) is 24.4 Å². The number of nitrogens with one attached hydrogen (secondary N) is 2. The van der Waals surface area contributed by atoms with Crippen molar-refractivity contribution >= 4 is 34.4 Å². The van der Waals surface area contributed by atoms with E-state index in [-0.39, 0.29) is 6.61 Å². The molecule has 0 aliphatic carbocycles. The van der Waals surface area contributed by atoms with Gasteiger partial charge in [-0.25, -0.2) is 9.97 Å². The average molecular weight is 460 g/mol. The number of methoxy groups -OCH3 is 2. The zero-order valence-corrected chi connectivity index (χ0v) is 19.7. The van der Waals surface area contributed by atoms with Gasteiger partial charge in [0.15, 0.2) is 5.82 Å². The van der Waals surface area contributed by atoms with Crippen molar-refractivity contribution in [2.24, 2.45) is 0 Å². The zero-order valence-electron chi connectivity index (χ0n) is 18.9. The second kappa shape index (κ2) is 10.7. The molecule has 1 unspecified atom stereocenters. The summed E-state index contributed by atoms with van der Waals surface area (Å²) in [4.78, 5) is 13.7. The first-order valence-corrected chi connectivity index (χ1v) is 11.0. The highest BCUT2D eigenvalue weighted by atomic mass is 35.5. The Balaban J connectivity index is 1.92. The van der Waals surface area contributed by atoms with Crippen LogP contribution in [-0.2, 0) is 6.54 Å². The largest absolute Gasteiger partial charge is 0.497 e. The summed E-state index contributed by atoms with van der Waals surface area (Å²) in [6, 6.07) is 7.38. The molecule has 1 aromatic carbocycles. The molecule has 0 amide bonds. The van der Waals surface area contributed by atoms with Gasteiger partial charge in [-0.15, -0.1) is 0 Å². The number of aliphatic hydroxyl groups is 1. The van der Waals surface area contributed by atoms with Gasteiger partial charge >= 0.3 is 0 Å². The highest BCUT2D eigenvalue weighted by Crippen LogP contribution is 2.28. The fraction of sp³-hybridized carbons (Fsp3) is 0.435. The molecule has 8 nitrogen and oxygen atoms in total. The van der Waals surface area contributed by atoms with Crippen LogP contribution >= 0.6 is 11.6 Å². The highest BCUT2D eigenvalue weighted by Gasteiger charge is 2.25. The van der Waals surface area contributed by atoms with Crippen molar-refractivity contribution < 1.29 is 14.6 Å². The number of aromatic nitrogens is 3. The summed E-state index contributed by atoms with van der Waals surface area (Å²) in [5.74, 6) is 2.38. The second-order valence-corrected chi connectivity index (χ2v) is 8.33. The summed E-state index contributed by atoms with van der Waals surface area (Å²) in [6.07, 6.45) is 4.38. The van der Waals surface area contributed by atoms with Crippen LogP contribution in [0.15, 0.2) is 30.5 Å². The van der Waals surface area contributed by atoms with Crippen molar-refractivity contribution in [3.8, 4) is 11.5 Å². The Morgan fingerprint density at radius 2 is 1.97 bits per heavy atom. The summed E-state index contributed by atoms with van der Waals surface area (Å²) in [5, 5.41) is 17.2. The van der Waals surface area contributed by atoms with Crippen molar-refractivity contribution in [2.45, 2.75) is 45.2 Å². The molecule has 0 fully saturated rings. The van der Waals surface area contributed by atoms with Crippen molar-refractivity contribution in [1.82, 2.24) is 15.0 Å². The van der Waals surface area contributed by atoms with Gasteiger partial charge in [-0.3, -0.25) is 0 Å². The molecule has 0 aliphatic heterocycles. The maximum Gasteiger partial charge on any atom is 0.225 e. The maximum atomic E-state index is 10.0. The SMILES string of the molecule is CCCCC(C)(CO)Nc1nc(NCc2ccc(OC)cc2OC)nc2cc(Cl)cnc12. The fourth-order valence-corrected chi connectivity index (χ4v) is 3.52. The Morgan fingerprint density at radius 3 is 2.66 bits per heavy atom. The molecule has 32 heavy (non-hydrogen) atoms. The molecular formula is C23H30ClN5O3. The Kier molecular flexibility index (Phi) is 7.93. The first kappa shape index (κ1) is 23.8. The van der Waals surface area contributed by atoms with Gasteiger partial charge in [-0.05, 0) is 31.5 Å². The summed E-state index contributed by atoms with van der Waals surface area (Å²) in [7, 11) is 3.23. The van der Waals surface area contributed by atoms with Crippen LogP contribution in [0, 0.1) is 0 Å². The van der Waals surface area contributed by atoms with E-state index in [4.69, 9.17) is 21.1 Å². The van der Waals surface area contributed by atoms with E-state index in [1.807, 2.05) is 25.1 Å². The van der Waals surface area contributed by atoms with E-state index in [9.17, 15) is 5.11 Å². The molecule has 172 valence electrons. The van der Waals surface area contributed by atoms with Gasteiger partial charge in [-0.1, -0.05) is 31.4 Å². The molecule has 2 aromatic heterocycles. The maximum absolute atomic E-state index is 10.0. The molecule has 2 heterocycles. The number of unbranched alkanes of at least 4 members (excludes halogenated alkanes) is 1. The number of pyridine rings is 1. The summed E-state index contributed by atoms with van der Waals surface area (Å²) >= 11 is 6.16. The molecular weight excluding hydrogens is 430 g/mol. The van der Waals surface area contributed by atoms with Crippen LogP contribution in [0.25, 0.3) is 11.0 Å². The lowest BCUT2D eigenvalue weighted by Crippen LogP contribution is -2.39. The van der Waals surface area contributed by atoms with Crippen LogP contribution in [0.3, 0.4) is 0 Å². The number of ether oxygens (including phenoxy) is 2. The van der Waals surface area contributed by atoms with Crippen molar-refractivity contribution in [2.75, 3.05) is 31.5 Å². The standard InChI is InChI=1S/C23H30ClN5O3/c1-5-6-9-23(2,14-30)29-21-20-18(10-16(24)13-25-20)27-22(28-21)26-12-15-7-8-17(31-3)11-19(15)32-4/h7-8,10-11,13,30H,5-6,9,12,14H2,1-4H3,(H2,26,27,28,29). The van der Waals surface area contributed by atoms with Gasteiger partial charge in [-0.2, -0.15) is 4.98 Å². The topological polar surface area (TPSA) is 101 Å². The van der Waals surface area contributed by atoms with Crippen LogP contribution in [0.1, 0.15) is 38.7 Å². The van der Waals surface area contributed by atoms with Crippen molar-refractivity contribution in [1.29, 1.82) is 0 Å². The third-order valence-corrected chi connectivity index (χ3v) is 5.49. The number of rotatable bonds is 11. The lowest BCUT2D eigenvalue weighted by molar-refractivity contribution is 0.212. The van der Waals surface area contributed by atoms with E-state index < -0.39 is 5.54 Å². The van der Waals surface area contributed by atoms with E-state index in [1.54, 1.807) is 26.5 Å². The van der Waals surface area contributed by atoms with Gasteiger partial charge in [0.05, 0.1) is 36.9 Å². The predicted molar refractivity (Wildman–Crippen MR) is 128 cm³/mol. The van der Waals surface area contributed by atoms with Crippen LogP contribution in [0.5, 0.6) is 11.5 Å². The average Bonchev–Trinajstić information content (AvgIpc) is 2.81. The zero-order chi connectivity index (χ0) is 23.1. The summed E-state index contributed by atoms with van der Waals surface area (Å²) < 4.78 is 10.7. The van der Waals surface area contributed by atoms with Gasteiger partial charge in [0.1, 0.15) is 17.0 Å². The third kappa shape index (κ3) is 5.69. The number of hydrogen-bond acceptors (Lipinski definition) is 8. The minimum atomic E-state index is -0.533. The second-order valence-electron chi connectivity index (χ2n) is 7.90. The van der Waals surface area contributed by atoms with E-state index in [0.29, 0.717) is 40.1 Å². The van der Waals surface area contributed by atoms with Gasteiger partial charge < -0.3 is 25.2 Å². The lowest BCUT2D eigenvalue weighted by Gasteiger charge is -2.29. The molecule has 0 saturated carbocycles. The molecule has 3 rings (SSSR count). The monoisotopic (exact) mass is 459 g/mol. The number of benzene rings is 1. The number of halogens is 1. The number of hydrogen-bond donors (Lipinski definition) is 3. The Labute approximate surface area is 193 Å². The smallest absolute Gasteiger partial charge is 0.225 e. The van der Waals surface area contributed by atoms with E-state index in [0.717, 1.165) is 30.6 Å². The van der Waals surface area contributed by atoms with E-state index >= 15 is 0 Å². The van der Waals surface area contributed by atoms with E-state index in [1.165, 1.54) is 0 Å². The molecule has 0 aliphatic rings. The van der Waals surface area contributed by atoms with Gasteiger partial charge in [0.25, 0.3) is 0 Å². The Hall–Kier alpha value is -2.84. The van der Waals surface area contributed by atoms with Crippen LogP contribution < -0.4 is 20.1 Å². The van der Waals surface area contributed by atoms with Crippen molar-refractivity contribution in [3.05, 3.63) is 41.0 Å². The Morgan fingerprint density at radius 1 is 1.16 bits per heavy atom. The highest BCUT2D eigenvalue weighted by molar-refractivity contribution is 6.31. The molecule has 9 heteroatoms. The molecule has 0 radical (unpaired) electrons. The first-order valence-electron chi connectivity index (χ1n) is 10.6. The number of nitrogens with zero attached hydrogens (tertiary/aromatic N) is 3. The number of anilines is 2.